The molecule has 1 aromatic heterocycles. The lowest BCUT2D eigenvalue weighted by Gasteiger charge is -2.35. The fraction of sp³-hybridized carbons (Fsp3) is 0.375. The van der Waals surface area contributed by atoms with Crippen molar-refractivity contribution in [2.45, 2.75) is 12.7 Å². The number of halogens is 2. The topological polar surface area (TPSA) is 24.5 Å². The molecule has 3 nitrogen and oxygen atoms in total. The number of piperazine rings is 1. The zero-order chi connectivity index (χ0) is 15.4. The van der Waals surface area contributed by atoms with Crippen LogP contribution in [-0.4, -0.2) is 37.7 Å². The SMILES string of the molecule is FC(F)Oc1ccc([C@H](c2ccsc2)N2CCNCC2)cc1. The van der Waals surface area contributed by atoms with Gasteiger partial charge in [0.05, 0.1) is 6.04 Å². The summed E-state index contributed by atoms with van der Waals surface area (Å²) >= 11 is 1.67. The molecular weight excluding hydrogens is 306 g/mol. The van der Waals surface area contributed by atoms with Crippen LogP contribution in [0.25, 0.3) is 0 Å². The molecule has 1 aliphatic heterocycles. The summed E-state index contributed by atoms with van der Waals surface area (Å²) in [6.07, 6.45) is 0. The van der Waals surface area contributed by atoms with Gasteiger partial charge in [0, 0.05) is 26.2 Å². The van der Waals surface area contributed by atoms with Gasteiger partial charge in [-0.3, -0.25) is 4.90 Å². The van der Waals surface area contributed by atoms with E-state index in [4.69, 9.17) is 0 Å². The average molecular weight is 324 g/mol. The first-order valence-corrected chi connectivity index (χ1v) is 8.20. The third-order valence-electron chi connectivity index (χ3n) is 3.80. The summed E-state index contributed by atoms with van der Waals surface area (Å²) in [6.45, 7) is 1.08. The van der Waals surface area contributed by atoms with Crippen molar-refractivity contribution in [2.24, 2.45) is 0 Å². The maximum absolute atomic E-state index is 12.3. The molecule has 2 heterocycles. The Morgan fingerprint density at radius 1 is 1.05 bits per heavy atom. The van der Waals surface area contributed by atoms with E-state index in [-0.39, 0.29) is 11.8 Å². The number of nitrogens with one attached hydrogen (secondary N) is 1. The molecule has 1 aliphatic rings. The third-order valence-corrected chi connectivity index (χ3v) is 4.50. The number of rotatable bonds is 5. The second kappa shape index (κ2) is 7.17. The number of thiophene rings is 1. The van der Waals surface area contributed by atoms with Gasteiger partial charge in [0.25, 0.3) is 0 Å². The molecule has 22 heavy (non-hydrogen) atoms. The van der Waals surface area contributed by atoms with Crippen LogP contribution in [0.4, 0.5) is 8.78 Å². The minimum Gasteiger partial charge on any atom is -0.435 e. The molecule has 0 unspecified atom stereocenters. The maximum atomic E-state index is 12.3. The van der Waals surface area contributed by atoms with Crippen LogP contribution < -0.4 is 10.1 Å². The van der Waals surface area contributed by atoms with Crippen molar-refractivity contribution in [3.05, 3.63) is 52.2 Å². The first kappa shape index (κ1) is 15.4. The Balaban J connectivity index is 1.85. The zero-order valence-corrected chi connectivity index (χ0v) is 12.9. The third kappa shape index (κ3) is 3.63. The number of nitrogens with zero attached hydrogens (tertiary/aromatic N) is 1. The maximum Gasteiger partial charge on any atom is 0.387 e. The Kier molecular flexibility index (Phi) is 5.02. The molecule has 0 radical (unpaired) electrons. The highest BCUT2D eigenvalue weighted by molar-refractivity contribution is 7.08. The first-order valence-electron chi connectivity index (χ1n) is 7.25. The predicted octanol–water partition coefficient (Wildman–Crippen LogP) is 3.34. The van der Waals surface area contributed by atoms with Crippen LogP contribution in [0.5, 0.6) is 5.75 Å². The summed E-state index contributed by atoms with van der Waals surface area (Å²) in [4.78, 5) is 2.42. The van der Waals surface area contributed by atoms with E-state index in [9.17, 15) is 8.78 Å². The molecule has 0 saturated carbocycles. The Morgan fingerprint density at radius 2 is 1.77 bits per heavy atom. The molecule has 0 amide bonds. The summed E-state index contributed by atoms with van der Waals surface area (Å²) < 4.78 is 28.9. The van der Waals surface area contributed by atoms with Crippen molar-refractivity contribution in [1.29, 1.82) is 0 Å². The van der Waals surface area contributed by atoms with Crippen molar-refractivity contribution in [3.63, 3.8) is 0 Å². The van der Waals surface area contributed by atoms with Crippen molar-refractivity contribution < 1.29 is 13.5 Å². The van der Waals surface area contributed by atoms with Crippen LogP contribution in [0.15, 0.2) is 41.1 Å². The van der Waals surface area contributed by atoms with Crippen LogP contribution in [0.2, 0.25) is 0 Å². The van der Waals surface area contributed by atoms with Gasteiger partial charge in [-0.05, 0) is 40.1 Å². The number of benzene rings is 1. The Morgan fingerprint density at radius 3 is 2.36 bits per heavy atom. The minimum atomic E-state index is -2.79. The lowest BCUT2D eigenvalue weighted by molar-refractivity contribution is -0.0498. The Hall–Kier alpha value is -1.50. The van der Waals surface area contributed by atoms with Crippen molar-refractivity contribution in [1.82, 2.24) is 10.2 Å². The van der Waals surface area contributed by atoms with E-state index in [1.54, 1.807) is 23.5 Å². The molecule has 0 aliphatic carbocycles. The Bertz CT molecular complexity index is 568. The Labute approximate surface area is 132 Å². The van der Waals surface area contributed by atoms with Crippen LogP contribution >= 0.6 is 11.3 Å². The van der Waals surface area contributed by atoms with Crippen LogP contribution in [0, 0.1) is 0 Å². The first-order chi connectivity index (χ1) is 10.7. The van der Waals surface area contributed by atoms with Crippen LogP contribution in [0.1, 0.15) is 17.2 Å². The van der Waals surface area contributed by atoms with Gasteiger partial charge in [-0.25, -0.2) is 0 Å². The molecule has 1 saturated heterocycles. The normalized spacial score (nSPS) is 17.6. The van der Waals surface area contributed by atoms with E-state index in [2.05, 4.69) is 31.8 Å². The van der Waals surface area contributed by atoms with Crippen LogP contribution in [-0.2, 0) is 0 Å². The molecule has 3 rings (SSSR count). The summed E-state index contributed by atoms with van der Waals surface area (Å²) in [5.41, 5.74) is 2.34. The number of alkyl halides is 2. The van der Waals surface area contributed by atoms with Gasteiger partial charge in [-0.1, -0.05) is 12.1 Å². The molecule has 1 atom stereocenters. The highest BCUT2D eigenvalue weighted by Crippen LogP contribution is 2.31. The van der Waals surface area contributed by atoms with Gasteiger partial charge in [0.15, 0.2) is 0 Å². The number of hydrogen-bond acceptors (Lipinski definition) is 4. The molecule has 1 aromatic carbocycles. The van der Waals surface area contributed by atoms with E-state index in [0.717, 1.165) is 31.7 Å². The smallest absolute Gasteiger partial charge is 0.387 e. The standard InChI is InChI=1S/C16H18F2N2OS/c17-16(18)21-14-3-1-12(2-4-14)15(13-5-10-22-11-13)20-8-6-19-7-9-20/h1-5,10-11,15-16,19H,6-9H2/t15-/m1/s1. The van der Waals surface area contributed by atoms with Gasteiger partial charge in [-0.15, -0.1) is 0 Å². The molecule has 0 bridgehead atoms. The van der Waals surface area contributed by atoms with E-state index >= 15 is 0 Å². The number of ether oxygens (including phenoxy) is 1. The number of hydrogen-bond donors (Lipinski definition) is 1. The van der Waals surface area contributed by atoms with E-state index in [0.29, 0.717) is 0 Å². The highest BCUT2D eigenvalue weighted by Gasteiger charge is 2.24. The molecular formula is C16H18F2N2OS. The minimum absolute atomic E-state index is 0.161. The largest absolute Gasteiger partial charge is 0.435 e. The molecule has 2 aromatic rings. The van der Waals surface area contributed by atoms with Crippen molar-refractivity contribution in [2.75, 3.05) is 26.2 Å². The van der Waals surface area contributed by atoms with Crippen LogP contribution in [0.3, 0.4) is 0 Å². The summed E-state index contributed by atoms with van der Waals surface area (Å²) in [7, 11) is 0. The van der Waals surface area contributed by atoms with Crippen molar-refractivity contribution in [3.8, 4) is 5.75 Å². The summed E-state index contributed by atoms with van der Waals surface area (Å²) in [5, 5.41) is 7.57. The van der Waals surface area contributed by atoms with Gasteiger partial charge < -0.3 is 10.1 Å². The lowest BCUT2D eigenvalue weighted by Crippen LogP contribution is -2.45. The highest BCUT2D eigenvalue weighted by atomic mass is 32.1. The predicted molar refractivity (Wildman–Crippen MR) is 83.7 cm³/mol. The summed E-state index contributed by atoms with van der Waals surface area (Å²) in [6, 6.07) is 9.27. The average Bonchev–Trinajstić information content (AvgIpc) is 3.04. The van der Waals surface area contributed by atoms with E-state index in [1.165, 1.54) is 5.56 Å². The molecule has 0 spiro atoms. The van der Waals surface area contributed by atoms with Gasteiger partial charge in [0.1, 0.15) is 5.75 Å². The molecule has 1 N–H and O–H groups in total. The monoisotopic (exact) mass is 324 g/mol. The van der Waals surface area contributed by atoms with E-state index in [1.807, 2.05) is 12.1 Å². The van der Waals surface area contributed by atoms with Gasteiger partial charge >= 0.3 is 6.61 Å². The molecule has 1 fully saturated rings. The van der Waals surface area contributed by atoms with Gasteiger partial charge in [0.2, 0.25) is 0 Å². The van der Waals surface area contributed by atoms with Crippen molar-refractivity contribution >= 4 is 11.3 Å². The fourth-order valence-electron chi connectivity index (χ4n) is 2.82. The molecule has 6 heteroatoms. The summed E-state index contributed by atoms with van der Waals surface area (Å²) in [5.74, 6) is 0.197. The second-order valence-corrected chi connectivity index (χ2v) is 5.97. The van der Waals surface area contributed by atoms with Gasteiger partial charge in [-0.2, -0.15) is 20.1 Å². The fourth-order valence-corrected chi connectivity index (χ4v) is 3.50. The van der Waals surface area contributed by atoms with E-state index < -0.39 is 6.61 Å². The quantitative estimate of drug-likeness (QED) is 0.913. The lowest BCUT2D eigenvalue weighted by atomic mass is 9.99. The second-order valence-electron chi connectivity index (χ2n) is 5.19. The zero-order valence-electron chi connectivity index (χ0n) is 12.0. The molecule has 118 valence electrons.